The first-order valence-electron chi connectivity index (χ1n) is 6.67. The maximum atomic E-state index is 12.9. The Labute approximate surface area is 120 Å². The zero-order chi connectivity index (χ0) is 14.5. The van der Waals surface area contributed by atoms with E-state index >= 15 is 0 Å². The van der Waals surface area contributed by atoms with E-state index in [1.807, 2.05) is 12.1 Å². The number of benzene rings is 1. The SMILES string of the molecule is CCN(CCCC(C)(C)C(N)=S)c1ccc(F)cc1. The summed E-state index contributed by atoms with van der Waals surface area (Å²) >= 11 is 5.07. The monoisotopic (exact) mass is 282 g/mol. The van der Waals surface area contributed by atoms with Gasteiger partial charge in [0, 0.05) is 24.2 Å². The van der Waals surface area contributed by atoms with Crippen molar-refractivity contribution < 1.29 is 4.39 Å². The highest BCUT2D eigenvalue weighted by Crippen LogP contribution is 2.23. The summed E-state index contributed by atoms with van der Waals surface area (Å²) in [7, 11) is 0. The molecule has 4 heteroatoms. The Hall–Kier alpha value is -1.16. The van der Waals surface area contributed by atoms with Crippen LogP contribution in [0.4, 0.5) is 10.1 Å². The van der Waals surface area contributed by atoms with Gasteiger partial charge in [0.25, 0.3) is 0 Å². The number of hydrogen-bond donors (Lipinski definition) is 1. The lowest BCUT2D eigenvalue weighted by Gasteiger charge is -2.27. The summed E-state index contributed by atoms with van der Waals surface area (Å²) < 4.78 is 12.9. The van der Waals surface area contributed by atoms with Gasteiger partial charge in [-0.05, 0) is 44.0 Å². The zero-order valence-corrected chi connectivity index (χ0v) is 12.8. The topological polar surface area (TPSA) is 29.3 Å². The predicted molar refractivity (Wildman–Crippen MR) is 84.1 cm³/mol. The Morgan fingerprint density at radius 1 is 1.32 bits per heavy atom. The Bertz CT molecular complexity index is 415. The Morgan fingerprint density at radius 3 is 2.37 bits per heavy atom. The molecule has 1 aromatic rings. The molecule has 0 unspecified atom stereocenters. The van der Waals surface area contributed by atoms with Crippen LogP contribution in [0.1, 0.15) is 33.6 Å². The zero-order valence-electron chi connectivity index (χ0n) is 11.9. The van der Waals surface area contributed by atoms with E-state index in [2.05, 4.69) is 25.7 Å². The van der Waals surface area contributed by atoms with Crippen LogP contribution in [0.2, 0.25) is 0 Å². The first-order valence-corrected chi connectivity index (χ1v) is 7.08. The quantitative estimate of drug-likeness (QED) is 0.772. The van der Waals surface area contributed by atoms with Crippen LogP contribution in [-0.4, -0.2) is 18.1 Å². The summed E-state index contributed by atoms with van der Waals surface area (Å²) in [5, 5.41) is 0. The predicted octanol–water partition coefficient (Wildman–Crippen LogP) is 3.74. The molecule has 0 aromatic heterocycles. The first kappa shape index (κ1) is 15.9. The van der Waals surface area contributed by atoms with Gasteiger partial charge in [-0.1, -0.05) is 26.1 Å². The highest BCUT2D eigenvalue weighted by molar-refractivity contribution is 7.80. The number of nitrogens with zero attached hydrogens (tertiary/aromatic N) is 1. The minimum atomic E-state index is -0.200. The Kier molecular flexibility index (Phi) is 5.73. The maximum absolute atomic E-state index is 12.9. The van der Waals surface area contributed by atoms with Crippen LogP contribution in [0.5, 0.6) is 0 Å². The van der Waals surface area contributed by atoms with Crippen molar-refractivity contribution in [3.63, 3.8) is 0 Å². The molecule has 0 saturated carbocycles. The van der Waals surface area contributed by atoms with Crippen LogP contribution < -0.4 is 10.6 Å². The third kappa shape index (κ3) is 4.78. The van der Waals surface area contributed by atoms with Crippen LogP contribution in [0.3, 0.4) is 0 Å². The van der Waals surface area contributed by atoms with E-state index in [1.165, 1.54) is 12.1 Å². The number of anilines is 1. The van der Waals surface area contributed by atoms with E-state index in [9.17, 15) is 4.39 Å². The lowest BCUT2D eigenvalue weighted by Crippen LogP contribution is -2.31. The van der Waals surface area contributed by atoms with Crippen LogP contribution in [0, 0.1) is 11.2 Å². The smallest absolute Gasteiger partial charge is 0.123 e. The largest absolute Gasteiger partial charge is 0.393 e. The maximum Gasteiger partial charge on any atom is 0.123 e. The molecule has 106 valence electrons. The normalized spacial score (nSPS) is 11.4. The molecule has 0 spiro atoms. The Balaban J connectivity index is 2.54. The van der Waals surface area contributed by atoms with Gasteiger partial charge in [-0.25, -0.2) is 4.39 Å². The van der Waals surface area contributed by atoms with Gasteiger partial charge in [-0.15, -0.1) is 0 Å². The second-order valence-corrected chi connectivity index (χ2v) is 5.85. The lowest BCUT2D eigenvalue weighted by molar-refractivity contribution is 0.459. The molecular weight excluding hydrogens is 259 g/mol. The van der Waals surface area contributed by atoms with Crippen molar-refractivity contribution in [1.82, 2.24) is 0 Å². The summed E-state index contributed by atoms with van der Waals surface area (Å²) in [6.45, 7) is 8.07. The lowest BCUT2D eigenvalue weighted by atomic mass is 9.88. The van der Waals surface area contributed by atoms with E-state index in [4.69, 9.17) is 18.0 Å². The van der Waals surface area contributed by atoms with Gasteiger partial charge in [-0.2, -0.15) is 0 Å². The second kappa shape index (κ2) is 6.85. The molecule has 0 aliphatic heterocycles. The summed E-state index contributed by atoms with van der Waals surface area (Å²) in [6.07, 6.45) is 1.97. The highest BCUT2D eigenvalue weighted by Gasteiger charge is 2.20. The van der Waals surface area contributed by atoms with E-state index in [-0.39, 0.29) is 11.2 Å². The summed E-state index contributed by atoms with van der Waals surface area (Å²) in [4.78, 5) is 2.80. The number of halogens is 1. The third-order valence-electron chi connectivity index (χ3n) is 3.47. The highest BCUT2D eigenvalue weighted by atomic mass is 32.1. The molecule has 1 aromatic carbocycles. The van der Waals surface area contributed by atoms with Gasteiger partial charge in [0.05, 0.1) is 4.99 Å². The fourth-order valence-electron chi connectivity index (χ4n) is 1.96. The van der Waals surface area contributed by atoms with Crippen LogP contribution in [-0.2, 0) is 0 Å². The molecule has 0 heterocycles. The third-order valence-corrected chi connectivity index (χ3v) is 4.02. The molecule has 2 N–H and O–H groups in total. The molecule has 0 aliphatic rings. The summed E-state index contributed by atoms with van der Waals surface area (Å²) in [5.41, 5.74) is 6.68. The van der Waals surface area contributed by atoms with Crippen molar-refractivity contribution in [3.8, 4) is 0 Å². The van der Waals surface area contributed by atoms with Crippen molar-refractivity contribution in [2.45, 2.75) is 33.6 Å². The van der Waals surface area contributed by atoms with Gasteiger partial charge in [0.15, 0.2) is 0 Å². The molecule has 2 nitrogen and oxygen atoms in total. The van der Waals surface area contributed by atoms with Crippen molar-refractivity contribution in [2.24, 2.45) is 11.1 Å². The molecule has 19 heavy (non-hydrogen) atoms. The average Bonchev–Trinajstić information content (AvgIpc) is 2.36. The Morgan fingerprint density at radius 2 is 1.89 bits per heavy atom. The second-order valence-electron chi connectivity index (χ2n) is 5.41. The van der Waals surface area contributed by atoms with E-state index in [0.29, 0.717) is 4.99 Å². The molecule has 1 rings (SSSR count). The molecule has 0 fully saturated rings. The van der Waals surface area contributed by atoms with Gasteiger partial charge in [0.2, 0.25) is 0 Å². The molecule has 0 atom stereocenters. The van der Waals surface area contributed by atoms with Gasteiger partial charge >= 0.3 is 0 Å². The molecule has 0 saturated heterocycles. The van der Waals surface area contributed by atoms with Gasteiger partial charge in [-0.3, -0.25) is 0 Å². The fourth-order valence-corrected chi connectivity index (χ4v) is 2.06. The van der Waals surface area contributed by atoms with Gasteiger partial charge in [0.1, 0.15) is 5.82 Å². The standard InChI is InChI=1S/C15H23FN2S/c1-4-18(13-8-6-12(16)7-9-13)11-5-10-15(2,3)14(17)19/h6-9H,4-5,10-11H2,1-3H3,(H2,17,19). The molecule has 0 radical (unpaired) electrons. The average molecular weight is 282 g/mol. The van der Waals surface area contributed by atoms with Crippen LogP contribution in [0.15, 0.2) is 24.3 Å². The van der Waals surface area contributed by atoms with Crippen LogP contribution >= 0.6 is 12.2 Å². The fraction of sp³-hybridized carbons (Fsp3) is 0.533. The van der Waals surface area contributed by atoms with Crippen molar-refractivity contribution >= 4 is 22.9 Å². The van der Waals surface area contributed by atoms with Crippen molar-refractivity contribution in [2.75, 3.05) is 18.0 Å². The number of nitrogens with two attached hydrogens (primary N) is 1. The summed E-state index contributed by atoms with van der Waals surface area (Å²) in [5.74, 6) is -0.200. The van der Waals surface area contributed by atoms with E-state index < -0.39 is 0 Å². The molecule has 0 bridgehead atoms. The van der Waals surface area contributed by atoms with Crippen LogP contribution in [0.25, 0.3) is 0 Å². The number of hydrogen-bond acceptors (Lipinski definition) is 2. The van der Waals surface area contributed by atoms with E-state index in [1.54, 1.807) is 0 Å². The number of thiocarbonyl (C=S) groups is 1. The number of rotatable bonds is 7. The minimum absolute atomic E-state index is 0.0997. The molecule has 0 amide bonds. The molecular formula is C15H23FN2S. The molecule has 0 aliphatic carbocycles. The summed E-state index contributed by atoms with van der Waals surface area (Å²) in [6, 6.07) is 6.63. The first-order chi connectivity index (χ1) is 8.86. The van der Waals surface area contributed by atoms with Gasteiger partial charge < -0.3 is 10.6 Å². The minimum Gasteiger partial charge on any atom is -0.393 e. The van der Waals surface area contributed by atoms with Crippen molar-refractivity contribution in [3.05, 3.63) is 30.1 Å². The van der Waals surface area contributed by atoms with Crippen molar-refractivity contribution in [1.29, 1.82) is 0 Å². The van der Waals surface area contributed by atoms with E-state index in [0.717, 1.165) is 31.6 Å².